The number of hydrogen-bond acceptors (Lipinski definition) is 6. The Morgan fingerprint density at radius 1 is 0.947 bits per heavy atom. The van der Waals surface area contributed by atoms with Gasteiger partial charge in [-0.15, -0.1) is 0 Å². The number of hydrogen-bond donors (Lipinski definition) is 1. The molecular formula is C31H34N6O. The molecule has 5 rings (SSSR count). The molecule has 3 heterocycles. The maximum Gasteiger partial charge on any atom is 0.165 e. The molecule has 0 spiro atoms. The molecule has 1 saturated heterocycles. The highest BCUT2D eigenvalue weighted by Crippen LogP contribution is 2.32. The first-order valence-corrected chi connectivity index (χ1v) is 13.0. The normalized spacial score (nSPS) is 14.6. The van der Waals surface area contributed by atoms with Crippen molar-refractivity contribution in [3.8, 4) is 28.0 Å². The molecule has 2 N–H and O–H groups in total. The first kappa shape index (κ1) is 25.3. The molecule has 194 valence electrons. The summed E-state index contributed by atoms with van der Waals surface area (Å²) < 4.78 is 7.57. The number of aromatic nitrogens is 3. The molecular weight excluding hydrogens is 472 g/mol. The smallest absolute Gasteiger partial charge is 0.165 e. The van der Waals surface area contributed by atoms with E-state index in [9.17, 15) is 0 Å². The zero-order chi connectivity index (χ0) is 26.5. The lowest BCUT2D eigenvalue weighted by Gasteiger charge is -2.35. The van der Waals surface area contributed by atoms with Crippen molar-refractivity contribution < 1.29 is 4.74 Å². The first-order chi connectivity index (χ1) is 18.6. The van der Waals surface area contributed by atoms with E-state index in [2.05, 4.69) is 59.2 Å². The van der Waals surface area contributed by atoms with Gasteiger partial charge >= 0.3 is 0 Å². The van der Waals surface area contributed by atoms with Gasteiger partial charge in [0.2, 0.25) is 0 Å². The van der Waals surface area contributed by atoms with Gasteiger partial charge in [-0.25, -0.2) is 4.98 Å². The Morgan fingerprint density at radius 3 is 2.29 bits per heavy atom. The van der Waals surface area contributed by atoms with Gasteiger partial charge in [-0.05, 0) is 47.5 Å². The van der Waals surface area contributed by atoms with Crippen LogP contribution in [0.1, 0.15) is 6.92 Å². The molecule has 2 aromatic carbocycles. The van der Waals surface area contributed by atoms with Crippen LogP contribution in [0.15, 0.2) is 97.9 Å². The van der Waals surface area contributed by atoms with Gasteiger partial charge in [-0.1, -0.05) is 62.6 Å². The number of benzene rings is 2. The third-order valence-corrected chi connectivity index (χ3v) is 7.09. The number of nitrogens with zero attached hydrogens (tertiary/aromatic N) is 5. The number of ether oxygens (including phenoxy) is 1. The van der Waals surface area contributed by atoms with Gasteiger partial charge in [0.05, 0.1) is 6.20 Å². The van der Waals surface area contributed by atoms with E-state index in [0.717, 1.165) is 71.9 Å². The van der Waals surface area contributed by atoms with Gasteiger partial charge in [0, 0.05) is 49.2 Å². The van der Waals surface area contributed by atoms with Gasteiger partial charge in [-0.2, -0.15) is 9.61 Å². The summed E-state index contributed by atoms with van der Waals surface area (Å²) in [7, 11) is 0. The molecule has 1 aliphatic rings. The SMILES string of the molecule is C=C/C=C(\C=C)COc1ccc(-c2cnc3c(-c4ccc(N5CCN(CC)CC5)cc4)cnn3c2N)cc1. The second kappa shape index (κ2) is 11.4. The number of anilines is 2. The van der Waals surface area contributed by atoms with E-state index in [1.807, 2.05) is 42.7 Å². The quantitative estimate of drug-likeness (QED) is 0.304. The Balaban J connectivity index is 1.33. The number of piperazine rings is 1. The number of nitrogens with two attached hydrogens (primary N) is 1. The summed E-state index contributed by atoms with van der Waals surface area (Å²) >= 11 is 0. The Bertz CT molecular complexity index is 1440. The highest BCUT2D eigenvalue weighted by Gasteiger charge is 2.17. The first-order valence-electron chi connectivity index (χ1n) is 13.0. The van der Waals surface area contributed by atoms with Crippen LogP contribution in [0.3, 0.4) is 0 Å². The third kappa shape index (κ3) is 5.19. The van der Waals surface area contributed by atoms with Crippen molar-refractivity contribution in [1.29, 1.82) is 0 Å². The summed E-state index contributed by atoms with van der Waals surface area (Å²) in [5, 5.41) is 4.57. The predicted molar refractivity (Wildman–Crippen MR) is 157 cm³/mol. The summed E-state index contributed by atoms with van der Waals surface area (Å²) in [6.45, 7) is 15.6. The molecule has 1 fully saturated rings. The van der Waals surface area contributed by atoms with Gasteiger partial charge in [-0.3, -0.25) is 0 Å². The molecule has 2 aromatic heterocycles. The average molecular weight is 507 g/mol. The van der Waals surface area contributed by atoms with E-state index < -0.39 is 0 Å². The summed E-state index contributed by atoms with van der Waals surface area (Å²) in [5.41, 5.74) is 13.3. The van der Waals surface area contributed by atoms with E-state index in [1.54, 1.807) is 16.7 Å². The van der Waals surface area contributed by atoms with Crippen molar-refractivity contribution in [3.63, 3.8) is 0 Å². The predicted octanol–water partition coefficient (Wildman–Crippen LogP) is 5.46. The van der Waals surface area contributed by atoms with E-state index in [0.29, 0.717) is 12.4 Å². The molecule has 7 heteroatoms. The van der Waals surface area contributed by atoms with Crippen LogP contribution in [0.5, 0.6) is 5.75 Å². The molecule has 0 amide bonds. The van der Waals surface area contributed by atoms with Crippen LogP contribution in [-0.4, -0.2) is 58.8 Å². The minimum atomic E-state index is 0.428. The Hall–Kier alpha value is -4.36. The summed E-state index contributed by atoms with van der Waals surface area (Å²) in [6, 6.07) is 16.5. The van der Waals surface area contributed by atoms with Gasteiger partial charge in [0.15, 0.2) is 5.65 Å². The second-order valence-electron chi connectivity index (χ2n) is 9.31. The van der Waals surface area contributed by atoms with Crippen molar-refractivity contribution in [3.05, 3.63) is 97.9 Å². The van der Waals surface area contributed by atoms with Crippen molar-refractivity contribution >= 4 is 17.2 Å². The highest BCUT2D eigenvalue weighted by molar-refractivity contribution is 5.82. The number of allylic oxidation sites excluding steroid dienone is 2. The maximum atomic E-state index is 6.57. The third-order valence-electron chi connectivity index (χ3n) is 7.09. The van der Waals surface area contributed by atoms with E-state index in [1.165, 1.54) is 5.69 Å². The number of rotatable bonds is 9. The largest absolute Gasteiger partial charge is 0.489 e. The molecule has 0 unspecified atom stereocenters. The number of nitrogen functional groups attached to an aromatic ring is 1. The average Bonchev–Trinajstić information content (AvgIpc) is 3.41. The Kier molecular flexibility index (Phi) is 7.56. The molecule has 0 aliphatic carbocycles. The van der Waals surface area contributed by atoms with E-state index in [4.69, 9.17) is 15.5 Å². The minimum Gasteiger partial charge on any atom is -0.489 e. The summed E-state index contributed by atoms with van der Waals surface area (Å²) in [4.78, 5) is 9.67. The zero-order valence-corrected chi connectivity index (χ0v) is 21.9. The molecule has 0 radical (unpaired) electrons. The van der Waals surface area contributed by atoms with E-state index in [-0.39, 0.29) is 0 Å². The van der Waals surface area contributed by atoms with Crippen molar-refractivity contribution in [2.45, 2.75) is 6.92 Å². The maximum absolute atomic E-state index is 6.57. The van der Waals surface area contributed by atoms with Crippen molar-refractivity contribution in [2.24, 2.45) is 0 Å². The fourth-order valence-electron chi connectivity index (χ4n) is 4.77. The van der Waals surface area contributed by atoms with Gasteiger partial charge < -0.3 is 20.3 Å². The van der Waals surface area contributed by atoms with Crippen LogP contribution in [0, 0.1) is 0 Å². The van der Waals surface area contributed by atoms with Crippen LogP contribution < -0.4 is 15.4 Å². The van der Waals surface area contributed by atoms with Crippen molar-refractivity contribution in [2.75, 3.05) is 50.0 Å². The van der Waals surface area contributed by atoms with Crippen LogP contribution in [0.2, 0.25) is 0 Å². The van der Waals surface area contributed by atoms with E-state index >= 15 is 0 Å². The fraction of sp³-hybridized carbons (Fsp3) is 0.226. The summed E-state index contributed by atoms with van der Waals surface area (Å²) in [5.74, 6) is 1.30. The zero-order valence-electron chi connectivity index (χ0n) is 21.9. The van der Waals surface area contributed by atoms with Crippen LogP contribution in [0.4, 0.5) is 11.5 Å². The van der Waals surface area contributed by atoms with Crippen LogP contribution >= 0.6 is 0 Å². The Labute approximate surface area is 224 Å². The number of likely N-dealkylation sites (N-methyl/N-ethyl adjacent to an activating group) is 1. The van der Waals surface area contributed by atoms with Crippen LogP contribution in [-0.2, 0) is 0 Å². The second-order valence-corrected chi connectivity index (χ2v) is 9.31. The molecule has 1 aliphatic heterocycles. The molecule has 0 saturated carbocycles. The molecule has 0 atom stereocenters. The Morgan fingerprint density at radius 2 is 1.63 bits per heavy atom. The summed E-state index contributed by atoms with van der Waals surface area (Å²) in [6.07, 6.45) is 9.02. The number of fused-ring (bicyclic) bond motifs is 1. The highest BCUT2D eigenvalue weighted by atomic mass is 16.5. The minimum absolute atomic E-state index is 0.428. The monoisotopic (exact) mass is 506 g/mol. The lowest BCUT2D eigenvalue weighted by molar-refractivity contribution is 0.271. The van der Waals surface area contributed by atoms with Gasteiger partial charge in [0.1, 0.15) is 18.2 Å². The fourth-order valence-corrected chi connectivity index (χ4v) is 4.77. The van der Waals surface area contributed by atoms with Gasteiger partial charge in [0.25, 0.3) is 0 Å². The standard InChI is InChI=1S/C31H34N6O/c1-4-7-23(5-2)22-38-27-14-10-24(11-15-27)28-20-33-31-29(21-34-37(31)30(28)32)25-8-12-26(13-9-25)36-18-16-35(6-3)17-19-36/h4-5,7-15,20-21H,1-2,6,16-19,22,32H2,3H3/b23-7+. The van der Waals surface area contributed by atoms with Crippen molar-refractivity contribution in [1.82, 2.24) is 19.5 Å². The lowest BCUT2D eigenvalue weighted by Crippen LogP contribution is -2.46. The lowest BCUT2D eigenvalue weighted by atomic mass is 10.1. The topological polar surface area (TPSA) is 71.9 Å². The van der Waals surface area contributed by atoms with Crippen LogP contribution in [0.25, 0.3) is 27.9 Å². The molecule has 0 bridgehead atoms. The molecule has 7 nitrogen and oxygen atoms in total. The molecule has 4 aromatic rings. The molecule has 38 heavy (non-hydrogen) atoms.